The molecule has 4 aromatic heterocycles. The predicted molar refractivity (Wildman–Crippen MR) is 167 cm³/mol. The van der Waals surface area contributed by atoms with Crippen molar-refractivity contribution in [3.05, 3.63) is 95.6 Å². The van der Waals surface area contributed by atoms with Gasteiger partial charge in [0.1, 0.15) is 23.3 Å². The Labute approximate surface area is 239 Å². The molecular weight excluding hydrogens is 496 g/mol. The molecule has 4 aromatic rings. The highest BCUT2D eigenvalue weighted by Gasteiger charge is 2.50. The van der Waals surface area contributed by atoms with E-state index in [-0.39, 0.29) is 0 Å². The first-order chi connectivity index (χ1) is 18.9. The molecule has 0 radical (unpaired) electrons. The van der Waals surface area contributed by atoms with E-state index < -0.39 is 10.8 Å². The van der Waals surface area contributed by atoms with E-state index in [9.17, 15) is 0 Å². The van der Waals surface area contributed by atoms with Gasteiger partial charge in [-0.3, -0.25) is 0 Å². The van der Waals surface area contributed by atoms with E-state index in [1.807, 2.05) is 101 Å². The molecule has 0 amide bonds. The second-order valence-electron chi connectivity index (χ2n) is 11.4. The largest absolute Gasteiger partial charge is 0.363 e. The highest BCUT2D eigenvalue weighted by atomic mass is 15.1. The van der Waals surface area contributed by atoms with Gasteiger partial charge in [0.2, 0.25) is 0 Å². The Morgan fingerprint density at radius 1 is 0.375 bits per heavy atom. The highest BCUT2D eigenvalue weighted by Crippen LogP contribution is 2.52. The summed E-state index contributed by atoms with van der Waals surface area (Å²) in [7, 11) is 16.0. The van der Waals surface area contributed by atoms with Gasteiger partial charge in [0.05, 0.1) is 0 Å². The first-order valence-corrected chi connectivity index (χ1v) is 13.4. The second kappa shape index (κ2) is 11.1. The molecule has 0 saturated heterocycles. The predicted octanol–water partition coefficient (Wildman–Crippen LogP) is 4.84. The Hall–Kier alpha value is -4.20. The number of aromatic nitrogens is 4. The van der Waals surface area contributed by atoms with Crippen molar-refractivity contribution in [3.63, 3.8) is 0 Å². The van der Waals surface area contributed by atoms with Gasteiger partial charge in [0.15, 0.2) is 0 Å². The van der Waals surface area contributed by atoms with Crippen LogP contribution >= 0.6 is 0 Å². The van der Waals surface area contributed by atoms with Crippen molar-refractivity contribution in [1.82, 2.24) is 19.9 Å². The molecule has 40 heavy (non-hydrogen) atoms. The summed E-state index contributed by atoms with van der Waals surface area (Å²) in [4.78, 5) is 27.4. The second-order valence-corrected chi connectivity index (χ2v) is 11.4. The van der Waals surface area contributed by atoms with E-state index in [1.165, 1.54) is 0 Å². The summed E-state index contributed by atoms with van der Waals surface area (Å²) in [5, 5.41) is 0. The molecular formula is C32H42N8. The van der Waals surface area contributed by atoms with E-state index in [1.54, 1.807) is 0 Å². The van der Waals surface area contributed by atoms with E-state index in [4.69, 9.17) is 19.9 Å². The van der Waals surface area contributed by atoms with Crippen LogP contribution in [0, 0.1) is 0 Å². The van der Waals surface area contributed by atoms with E-state index in [2.05, 4.69) is 62.4 Å². The van der Waals surface area contributed by atoms with Crippen LogP contribution in [0.2, 0.25) is 0 Å². The van der Waals surface area contributed by atoms with Gasteiger partial charge in [-0.1, -0.05) is 38.1 Å². The molecule has 0 unspecified atom stereocenters. The summed E-state index contributed by atoms with van der Waals surface area (Å²) >= 11 is 0. The molecule has 8 nitrogen and oxygen atoms in total. The third-order valence-corrected chi connectivity index (χ3v) is 8.13. The maximum Gasteiger partial charge on any atom is 0.127 e. The van der Waals surface area contributed by atoms with Crippen molar-refractivity contribution in [3.8, 4) is 0 Å². The van der Waals surface area contributed by atoms with Gasteiger partial charge in [-0.05, 0) is 46.5 Å². The number of hydrogen-bond donors (Lipinski definition) is 0. The average molecular weight is 539 g/mol. The van der Waals surface area contributed by atoms with Crippen LogP contribution in [0.3, 0.4) is 0 Å². The summed E-state index contributed by atoms with van der Waals surface area (Å²) < 4.78 is 0. The third kappa shape index (κ3) is 5.06. The maximum atomic E-state index is 4.84. The number of hydrogen-bond acceptors (Lipinski definition) is 8. The Balaban J connectivity index is 2.05. The normalized spacial score (nSPS) is 11.8. The van der Waals surface area contributed by atoms with Gasteiger partial charge in [-0.25, -0.2) is 19.9 Å². The van der Waals surface area contributed by atoms with Crippen LogP contribution in [0.25, 0.3) is 0 Å². The molecule has 0 aromatic carbocycles. The van der Waals surface area contributed by atoms with Gasteiger partial charge in [-0.2, -0.15) is 0 Å². The summed E-state index contributed by atoms with van der Waals surface area (Å²) in [5.74, 6) is 3.62. The Morgan fingerprint density at radius 2 is 0.575 bits per heavy atom. The van der Waals surface area contributed by atoms with Crippen LogP contribution in [0.15, 0.2) is 73.3 Å². The topological polar surface area (TPSA) is 64.5 Å². The summed E-state index contributed by atoms with van der Waals surface area (Å²) in [5.41, 5.74) is 3.12. The van der Waals surface area contributed by atoms with Gasteiger partial charge < -0.3 is 19.6 Å². The number of pyridine rings is 4. The maximum absolute atomic E-state index is 4.84. The molecule has 0 fully saturated rings. The minimum atomic E-state index is -0.592. The van der Waals surface area contributed by atoms with Crippen LogP contribution in [-0.2, 0) is 10.8 Å². The van der Waals surface area contributed by atoms with Crippen molar-refractivity contribution in [2.24, 2.45) is 0 Å². The van der Waals surface area contributed by atoms with E-state index >= 15 is 0 Å². The van der Waals surface area contributed by atoms with E-state index in [0.717, 1.165) is 45.5 Å². The fourth-order valence-corrected chi connectivity index (χ4v) is 5.27. The minimum absolute atomic E-state index is 0.592. The molecule has 0 saturated carbocycles. The zero-order valence-corrected chi connectivity index (χ0v) is 25.5. The zero-order chi connectivity index (χ0) is 29.2. The highest BCUT2D eigenvalue weighted by molar-refractivity contribution is 5.56. The standard InChI is InChI=1S/C32H42N8/c1-31(23-11-15-27(33-19-23)37(3)4,24-12-16-28(34-20-24)38(5)6)32(2,25-13-17-29(35-21-25)39(7)8)26-14-18-30(36-22-26)40(9)10/h11-22H,1-10H3. The molecule has 4 rings (SSSR count). The molecule has 0 aliphatic carbocycles. The van der Waals surface area contributed by atoms with Crippen molar-refractivity contribution in [2.75, 3.05) is 76.0 Å². The number of rotatable bonds is 9. The molecule has 4 heterocycles. The quantitative estimate of drug-likeness (QED) is 0.300. The summed E-state index contributed by atoms with van der Waals surface area (Å²) in [6.45, 7) is 4.57. The molecule has 0 atom stereocenters. The molecule has 0 N–H and O–H groups in total. The van der Waals surface area contributed by atoms with E-state index in [0.29, 0.717) is 0 Å². The van der Waals surface area contributed by atoms with Gasteiger partial charge in [0, 0.05) is 92.0 Å². The molecule has 0 spiro atoms. The summed E-state index contributed by atoms with van der Waals surface area (Å²) in [6, 6.07) is 17.1. The molecule has 8 heteroatoms. The molecule has 0 aliphatic heterocycles. The lowest BCUT2D eigenvalue weighted by Gasteiger charge is -2.48. The van der Waals surface area contributed by atoms with Gasteiger partial charge in [-0.15, -0.1) is 0 Å². The number of anilines is 4. The summed E-state index contributed by atoms with van der Waals surface area (Å²) in [6.07, 6.45) is 7.99. The van der Waals surface area contributed by atoms with Crippen LogP contribution in [-0.4, -0.2) is 76.3 Å². The van der Waals surface area contributed by atoms with Crippen molar-refractivity contribution in [1.29, 1.82) is 0 Å². The van der Waals surface area contributed by atoms with Gasteiger partial charge >= 0.3 is 0 Å². The lowest BCUT2D eigenvalue weighted by Crippen LogP contribution is -2.47. The Kier molecular flexibility index (Phi) is 8.00. The lowest BCUT2D eigenvalue weighted by atomic mass is 9.54. The smallest absolute Gasteiger partial charge is 0.127 e. The van der Waals surface area contributed by atoms with Crippen LogP contribution in [0.5, 0.6) is 0 Å². The first kappa shape index (κ1) is 28.8. The SMILES string of the molecule is CN(C)c1ccc(C(C)(c2ccc(N(C)C)nc2)C(C)(c2ccc(N(C)C)nc2)c2ccc(N(C)C)nc2)cn1. The van der Waals surface area contributed by atoms with Crippen molar-refractivity contribution < 1.29 is 0 Å². The molecule has 0 bridgehead atoms. The third-order valence-electron chi connectivity index (χ3n) is 8.13. The average Bonchev–Trinajstić information content (AvgIpc) is 2.96. The molecule has 0 aliphatic rings. The first-order valence-electron chi connectivity index (χ1n) is 13.4. The monoisotopic (exact) mass is 538 g/mol. The van der Waals surface area contributed by atoms with Crippen LogP contribution < -0.4 is 19.6 Å². The van der Waals surface area contributed by atoms with Crippen LogP contribution in [0.4, 0.5) is 23.3 Å². The minimum Gasteiger partial charge on any atom is -0.363 e. The zero-order valence-electron chi connectivity index (χ0n) is 25.5. The fraction of sp³-hybridized carbons (Fsp3) is 0.375. The Morgan fingerprint density at radius 3 is 0.700 bits per heavy atom. The molecule has 210 valence electrons. The Bertz CT molecular complexity index is 1180. The van der Waals surface area contributed by atoms with Crippen LogP contribution in [0.1, 0.15) is 36.1 Å². The lowest BCUT2D eigenvalue weighted by molar-refractivity contribution is 0.356. The van der Waals surface area contributed by atoms with Gasteiger partial charge in [0.25, 0.3) is 0 Å². The number of nitrogens with zero attached hydrogens (tertiary/aromatic N) is 8. The fourth-order valence-electron chi connectivity index (χ4n) is 5.27. The van der Waals surface area contributed by atoms with Crippen molar-refractivity contribution >= 4 is 23.3 Å². The van der Waals surface area contributed by atoms with Crippen molar-refractivity contribution in [2.45, 2.75) is 24.7 Å².